The standard InChI is InChI=1S/C48H30N2S/c1-3-12-31(13-4-1)37-26-27-41(40-17-8-7-16-39(37)40)44-30-43(49-48(50-44)32-14-5-2-6-15-32)36-25-23-33-28-35(24-22-34(33)29-36)38-19-11-21-46-47(38)42-18-9-10-20-45(42)51-46/h1-30H. The molecule has 3 heteroatoms. The minimum Gasteiger partial charge on any atom is -0.228 e. The summed E-state index contributed by atoms with van der Waals surface area (Å²) in [5.74, 6) is 0.714. The van der Waals surface area contributed by atoms with Gasteiger partial charge in [0, 0.05) is 36.9 Å². The van der Waals surface area contributed by atoms with Gasteiger partial charge in [-0.2, -0.15) is 0 Å². The van der Waals surface area contributed by atoms with E-state index in [-0.39, 0.29) is 0 Å². The van der Waals surface area contributed by atoms with E-state index in [1.165, 1.54) is 64.0 Å². The highest BCUT2D eigenvalue weighted by molar-refractivity contribution is 7.25. The largest absolute Gasteiger partial charge is 0.228 e. The van der Waals surface area contributed by atoms with Crippen molar-refractivity contribution in [1.82, 2.24) is 9.97 Å². The first kappa shape index (κ1) is 29.5. The highest BCUT2D eigenvalue weighted by Crippen LogP contribution is 2.41. The van der Waals surface area contributed by atoms with Crippen LogP contribution in [-0.2, 0) is 0 Å². The Morgan fingerprint density at radius 2 is 0.922 bits per heavy atom. The minimum absolute atomic E-state index is 0.714. The third kappa shape index (κ3) is 5.18. The molecule has 0 N–H and O–H groups in total. The van der Waals surface area contributed by atoms with E-state index in [2.05, 4.69) is 164 Å². The molecule has 0 amide bonds. The molecule has 0 atom stereocenters. The summed E-state index contributed by atoms with van der Waals surface area (Å²) in [5.41, 5.74) is 9.86. The van der Waals surface area contributed by atoms with Crippen LogP contribution in [0.25, 0.3) is 97.9 Å². The van der Waals surface area contributed by atoms with Crippen molar-refractivity contribution < 1.29 is 0 Å². The van der Waals surface area contributed by atoms with Crippen molar-refractivity contribution in [2.75, 3.05) is 0 Å². The number of aromatic nitrogens is 2. The molecule has 238 valence electrons. The quantitative estimate of drug-likeness (QED) is 0.183. The number of benzene rings is 8. The van der Waals surface area contributed by atoms with Crippen LogP contribution in [0.3, 0.4) is 0 Å². The van der Waals surface area contributed by atoms with Crippen molar-refractivity contribution >= 4 is 53.1 Å². The molecule has 0 radical (unpaired) electrons. The number of hydrogen-bond donors (Lipinski definition) is 0. The van der Waals surface area contributed by atoms with E-state index < -0.39 is 0 Å². The van der Waals surface area contributed by atoms with Crippen molar-refractivity contribution in [3.05, 3.63) is 182 Å². The lowest BCUT2D eigenvalue weighted by Gasteiger charge is -2.14. The molecular formula is C48H30N2S. The predicted molar refractivity (Wildman–Crippen MR) is 217 cm³/mol. The summed E-state index contributed by atoms with van der Waals surface area (Å²) >= 11 is 1.86. The maximum absolute atomic E-state index is 5.19. The van der Waals surface area contributed by atoms with Crippen molar-refractivity contribution in [3.8, 4) is 56.2 Å². The van der Waals surface area contributed by atoms with Crippen LogP contribution in [0, 0.1) is 0 Å². The lowest BCUT2D eigenvalue weighted by atomic mass is 9.93. The SMILES string of the molecule is c1ccc(-c2nc(-c3ccc4cc(-c5cccc6sc7ccccc7c56)ccc4c3)cc(-c3ccc(-c4ccccc4)c4ccccc34)n2)cc1. The fourth-order valence-corrected chi connectivity index (χ4v) is 8.56. The van der Waals surface area contributed by atoms with E-state index in [0.29, 0.717) is 5.82 Å². The van der Waals surface area contributed by atoms with Gasteiger partial charge in [0.1, 0.15) is 0 Å². The number of fused-ring (bicyclic) bond motifs is 5. The maximum atomic E-state index is 5.19. The van der Waals surface area contributed by atoms with Crippen molar-refractivity contribution in [1.29, 1.82) is 0 Å². The van der Waals surface area contributed by atoms with Gasteiger partial charge in [0.05, 0.1) is 11.4 Å². The first-order valence-corrected chi connectivity index (χ1v) is 18.1. The molecule has 0 unspecified atom stereocenters. The number of rotatable bonds is 5. The van der Waals surface area contributed by atoms with Gasteiger partial charge in [-0.1, -0.05) is 152 Å². The van der Waals surface area contributed by atoms with E-state index in [9.17, 15) is 0 Å². The van der Waals surface area contributed by atoms with E-state index >= 15 is 0 Å². The Labute approximate surface area is 300 Å². The van der Waals surface area contributed by atoms with E-state index in [4.69, 9.17) is 9.97 Å². The lowest BCUT2D eigenvalue weighted by Crippen LogP contribution is -1.97. The molecule has 0 bridgehead atoms. The molecule has 0 saturated heterocycles. The molecular weight excluding hydrogens is 637 g/mol. The normalized spacial score (nSPS) is 11.5. The van der Waals surface area contributed by atoms with E-state index in [1.54, 1.807) is 0 Å². The Bertz CT molecular complexity index is 2910. The van der Waals surface area contributed by atoms with E-state index in [1.807, 2.05) is 29.5 Å². The summed E-state index contributed by atoms with van der Waals surface area (Å²) in [6.07, 6.45) is 0. The molecule has 0 aliphatic rings. The van der Waals surface area contributed by atoms with Gasteiger partial charge in [-0.15, -0.1) is 11.3 Å². The molecule has 0 saturated carbocycles. The zero-order valence-electron chi connectivity index (χ0n) is 27.6. The minimum atomic E-state index is 0.714. The fourth-order valence-electron chi connectivity index (χ4n) is 7.43. The van der Waals surface area contributed by atoms with E-state index in [0.717, 1.165) is 28.1 Å². The van der Waals surface area contributed by atoms with Gasteiger partial charge in [0.25, 0.3) is 0 Å². The molecule has 0 aliphatic carbocycles. The molecule has 10 aromatic rings. The van der Waals surface area contributed by atoms with Crippen LogP contribution in [-0.4, -0.2) is 9.97 Å². The first-order valence-electron chi connectivity index (χ1n) is 17.2. The summed E-state index contributed by atoms with van der Waals surface area (Å²) in [5, 5.41) is 7.41. The third-order valence-corrected chi connectivity index (χ3v) is 11.0. The Balaban J connectivity index is 1.11. The molecule has 8 aromatic carbocycles. The molecule has 0 aliphatic heterocycles. The van der Waals surface area contributed by atoms with Crippen LogP contribution < -0.4 is 0 Å². The van der Waals surface area contributed by atoms with Gasteiger partial charge < -0.3 is 0 Å². The highest BCUT2D eigenvalue weighted by atomic mass is 32.1. The van der Waals surface area contributed by atoms with Crippen LogP contribution in [0.1, 0.15) is 0 Å². The molecule has 2 aromatic heterocycles. The second-order valence-corrected chi connectivity index (χ2v) is 14.0. The first-order chi connectivity index (χ1) is 25.3. The fraction of sp³-hybridized carbons (Fsp3) is 0. The van der Waals surface area contributed by atoms with Crippen molar-refractivity contribution in [3.63, 3.8) is 0 Å². The number of hydrogen-bond acceptors (Lipinski definition) is 3. The van der Waals surface area contributed by atoms with Gasteiger partial charge in [-0.05, 0) is 74.1 Å². The number of nitrogens with zero attached hydrogens (tertiary/aromatic N) is 2. The van der Waals surface area contributed by atoms with Crippen molar-refractivity contribution in [2.45, 2.75) is 0 Å². The lowest BCUT2D eigenvalue weighted by molar-refractivity contribution is 1.19. The molecule has 0 spiro atoms. The zero-order chi connectivity index (χ0) is 33.7. The zero-order valence-corrected chi connectivity index (χ0v) is 28.4. The second-order valence-electron chi connectivity index (χ2n) is 13.0. The predicted octanol–water partition coefficient (Wildman–Crippen LogP) is 13.5. The smallest absolute Gasteiger partial charge is 0.160 e. The Hall–Kier alpha value is -6.42. The Morgan fingerprint density at radius 3 is 1.71 bits per heavy atom. The monoisotopic (exact) mass is 666 g/mol. The maximum Gasteiger partial charge on any atom is 0.160 e. The van der Waals surface area contributed by atoms with Crippen LogP contribution in [0.15, 0.2) is 182 Å². The summed E-state index contributed by atoms with van der Waals surface area (Å²) < 4.78 is 2.64. The second kappa shape index (κ2) is 12.2. The summed E-state index contributed by atoms with van der Waals surface area (Å²) in [6, 6.07) is 65.0. The van der Waals surface area contributed by atoms with Gasteiger partial charge in [0.15, 0.2) is 5.82 Å². The molecule has 0 fully saturated rings. The van der Waals surface area contributed by atoms with Gasteiger partial charge in [0.2, 0.25) is 0 Å². The van der Waals surface area contributed by atoms with Gasteiger partial charge in [-0.25, -0.2) is 9.97 Å². The average molecular weight is 667 g/mol. The van der Waals surface area contributed by atoms with Crippen LogP contribution in [0.4, 0.5) is 0 Å². The van der Waals surface area contributed by atoms with Crippen LogP contribution in [0.5, 0.6) is 0 Å². The molecule has 51 heavy (non-hydrogen) atoms. The van der Waals surface area contributed by atoms with Crippen LogP contribution >= 0.6 is 11.3 Å². The number of thiophene rings is 1. The Kier molecular flexibility index (Phi) is 7.04. The third-order valence-electron chi connectivity index (χ3n) is 9.89. The summed E-state index contributed by atoms with van der Waals surface area (Å²) in [4.78, 5) is 10.4. The molecule has 10 rings (SSSR count). The average Bonchev–Trinajstić information content (AvgIpc) is 3.60. The topological polar surface area (TPSA) is 25.8 Å². The molecule has 2 heterocycles. The van der Waals surface area contributed by atoms with Crippen molar-refractivity contribution in [2.24, 2.45) is 0 Å². The van der Waals surface area contributed by atoms with Gasteiger partial charge >= 0.3 is 0 Å². The summed E-state index contributed by atoms with van der Waals surface area (Å²) in [7, 11) is 0. The Morgan fingerprint density at radius 1 is 0.333 bits per heavy atom. The molecule has 2 nitrogen and oxygen atoms in total. The highest BCUT2D eigenvalue weighted by Gasteiger charge is 2.16. The van der Waals surface area contributed by atoms with Gasteiger partial charge in [-0.3, -0.25) is 0 Å². The van der Waals surface area contributed by atoms with Crippen LogP contribution in [0.2, 0.25) is 0 Å². The summed E-state index contributed by atoms with van der Waals surface area (Å²) in [6.45, 7) is 0.